The summed E-state index contributed by atoms with van der Waals surface area (Å²) < 4.78 is 44.8. The average Bonchev–Trinajstić information content (AvgIpc) is 2.64. The number of carbonyl (C=O) groups is 2. The summed E-state index contributed by atoms with van der Waals surface area (Å²) in [7, 11) is 0. The van der Waals surface area contributed by atoms with Crippen LogP contribution in [0.4, 0.5) is 13.2 Å². The maximum absolute atomic E-state index is 12.1. The lowest BCUT2D eigenvalue weighted by Crippen LogP contribution is -2.31. The molecule has 0 radical (unpaired) electrons. The molecule has 0 spiro atoms. The van der Waals surface area contributed by atoms with Crippen LogP contribution in [0.5, 0.6) is 5.75 Å². The molecule has 0 saturated heterocycles. The number of halogens is 3. The predicted molar refractivity (Wildman–Crippen MR) is 91.3 cm³/mol. The highest BCUT2D eigenvalue weighted by Crippen LogP contribution is 2.22. The molecule has 8 heteroatoms. The van der Waals surface area contributed by atoms with Crippen LogP contribution in [-0.2, 0) is 9.53 Å². The molecule has 0 aliphatic heterocycles. The summed E-state index contributed by atoms with van der Waals surface area (Å²) in [6.07, 6.45) is -4.81. The minimum Gasteiger partial charge on any atom is -0.452 e. The van der Waals surface area contributed by atoms with Crippen molar-refractivity contribution < 1.29 is 32.2 Å². The number of alkyl halides is 3. The molecule has 0 saturated carbocycles. The molecule has 0 aromatic heterocycles. The third-order valence-electron chi connectivity index (χ3n) is 3.63. The summed E-state index contributed by atoms with van der Waals surface area (Å²) in [5.74, 6) is -1.65. The Bertz CT molecular complexity index is 761. The van der Waals surface area contributed by atoms with Gasteiger partial charge in [0, 0.05) is 6.54 Å². The van der Waals surface area contributed by atoms with Crippen molar-refractivity contribution >= 4 is 11.9 Å². The number of ether oxygens (including phenoxy) is 2. The molecule has 144 valence electrons. The molecular formula is C19H18F3NO4. The first-order chi connectivity index (χ1) is 12.7. The topological polar surface area (TPSA) is 64.6 Å². The van der Waals surface area contributed by atoms with Crippen LogP contribution in [0.3, 0.4) is 0 Å². The molecule has 0 aliphatic carbocycles. The first-order valence-electron chi connectivity index (χ1n) is 8.09. The second-order valence-electron chi connectivity index (χ2n) is 5.76. The van der Waals surface area contributed by atoms with E-state index in [1.54, 1.807) is 0 Å². The summed E-state index contributed by atoms with van der Waals surface area (Å²) in [5, 5.41) is 2.66. The fourth-order valence-electron chi connectivity index (χ4n) is 2.22. The van der Waals surface area contributed by atoms with E-state index in [4.69, 9.17) is 4.74 Å². The van der Waals surface area contributed by atoms with Gasteiger partial charge in [-0.15, -0.1) is 13.2 Å². The number of amides is 1. The Morgan fingerprint density at radius 2 is 1.67 bits per heavy atom. The molecule has 0 heterocycles. The minimum atomic E-state index is -4.81. The zero-order chi connectivity index (χ0) is 19.9. The number of esters is 1. The van der Waals surface area contributed by atoms with E-state index in [0.29, 0.717) is 6.54 Å². The van der Waals surface area contributed by atoms with E-state index in [1.165, 1.54) is 0 Å². The summed E-state index contributed by atoms with van der Waals surface area (Å²) in [5.41, 5.74) is 1.07. The van der Waals surface area contributed by atoms with Crippen molar-refractivity contribution in [2.45, 2.75) is 19.2 Å². The third kappa shape index (κ3) is 7.01. The molecule has 1 N–H and O–H groups in total. The monoisotopic (exact) mass is 381 g/mol. The fraction of sp³-hybridized carbons (Fsp3) is 0.263. The number of hydrogen-bond donors (Lipinski definition) is 1. The van der Waals surface area contributed by atoms with Gasteiger partial charge in [-0.1, -0.05) is 37.3 Å². The summed E-state index contributed by atoms with van der Waals surface area (Å²) in [4.78, 5) is 23.6. The van der Waals surface area contributed by atoms with Gasteiger partial charge in [-0.25, -0.2) is 4.79 Å². The highest BCUT2D eigenvalue weighted by atomic mass is 19.4. The van der Waals surface area contributed by atoms with E-state index in [2.05, 4.69) is 10.1 Å². The van der Waals surface area contributed by atoms with Crippen LogP contribution in [0.1, 0.15) is 28.8 Å². The summed E-state index contributed by atoms with van der Waals surface area (Å²) in [6.45, 7) is 1.84. The van der Waals surface area contributed by atoms with E-state index in [1.807, 2.05) is 37.3 Å². The van der Waals surface area contributed by atoms with Crippen molar-refractivity contribution in [3.63, 3.8) is 0 Å². The Morgan fingerprint density at radius 1 is 1.04 bits per heavy atom. The molecular weight excluding hydrogens is 363 g/mol. The third-order valence-corrected chi connectivity index (χ3v) is 3.63. The number of hydrogen-bond acceptors (Lipinski definition) is 4. The van der Waals surface area contributed by atoms with Crippen molar-refractivity contribution in [3.05, 3.63) is 65.7 Å². The van der Waals surface area contributed by atoms with Crippen molar-refractivity contribution in [2.24, 2.45) is 0 Å². The molecule has 2 rings (SSSR count). The van der Waals surface area contributed by atoms with E-state index in [9.17, 15) is 22.8 Å². The summed E-state index contributed by atoms with van der Waals surface area (Å²) in [6, 6.07) is 13.8. The quantitative estimate of drug-likeness (QED) is 0.744. The molecule has 2 aromatic rings. The largest absolute Gasteiger partial charge is 0.573 e. The smallest absolute Gasteiger partial charge is 0.452 e. The predicted octanol–water partition coefficient (Wildman–Crippen LogP) is 3.66. The van der Waals surface area contributed by atoms with Crippen LogP contribution >= 0.6 is 0 Å². The van der Waals surface area contributed by atoms with Crippen LogP contribution in [-0.4, -0.2) is 31.4 Å². The number of benzene rings is 2. The van der Waals surface area contributed by atoms with E-state index in [-0.39, 0.29) is 11.5 Å². The van der Waals surface area contributed by atoms with E-state index >= 15 is 0 Å². The van der Waals surface area contributed by atoms with Gasteiger partial charge < -0.3 is 14.8 Å². The van der Waals surface area contributed by atoms with Crippen molar-refractivity contribution in [3.8, 4) is 5.75 Å². The SMILES string of the molecule is C[C@@H](CNC(=O)COC(=O)c1ccc(OC(F)(F)F)cc1)c1ccccc1. The van der Waals surface area contributed by atoms with Gasteiger partial charge in [-0.3, -0.25) is 4.79 Å². The molecule has 27 heavy (non-hydrogen) atoms. The lowest BCUT2D eigenvalue weighted by atomic mass is 10.0. The molecule has 0 unspecified atom stereocenters. The first kappa shape index (κ1) is 20.3. The normalized spacial score (nSPS) is 12.1. The minimum absolute atomic E-state index is 0.00924. The number of rotatable bonds is 7. The maximum Gasteiger partial charge on any atom is 0.573 e. The second-order valence-corrected chi connectivity index (χ2v) is 5.76. The van der Waals surface area contributed by atoms with Gasteiger partial charge in [0.1, 0.15) is 5.75 Å². The first-order valence-corrected chi connectivity index (χ1v) is 8.09. The van der Waals surface area contributed by atoms with Crippen LogP contribution in [0.25, 0.3) is 0 Å². The zero-order valence-corrected chi connectivity index (χ0v) is 14.5. The van der Waals surface area contributed by atoms with Gasteiger partial charge >= 0.3 is 12.3 Å². The molecule has 2 aromatic carbocycles. The van der Waals surface area contributed by atoms with Gasteiger partial charge in [-0.05, 0) is 35.7 Å². The Hall–Kier alpha value is -3.03. The van der Waals surface area contributed by atoms with E-state index in [0.717, 1.165) is 29.8 Å². The van der Waals surface area contributed by atoms with E-state index < -0.39 is 30.6 Å². The second kappa shape index (κ2) is 9.07. The van der Waals surface area contributed by atoms with Gasteiger partial charge in [0.2, 0.25) is 0 Å². The fourth-order valence-corrected chi connectivity index (χ4v) is 2.22. The van der Waals surface area contributed by atoms with Gasteiger partial charge in [0.25, 0.3) is 5.91 Å². The van der Waals surface area contributed by atoms with Gasteiger partial charge in [0.05, 0.1) is 5.56 Å². The van der Waals surface area contributed by atoms with Crippen LogP contribution in [0.2, 0.25) is 0 Å². The standard InChI is InChI=1S/C19H18F3NO4/c1-13(14-5-3-2-4-6-14)11-23-17(24)12-26-18(25)15-7-9-16(10-8-15)27-19(20,21)22/h2-10,13H,11-12H2,1H3,(H,23,24)/t13-/m0/s1. The van der Waals surface area contributed by atoms with Crippen molar-refractivity contribution in [1.29, 1.82) is 0 Å². The molecule has 0 aliphatic rings. The summed E-state index contributed by atoms with van der Waals surface area (Å²) >= 11 is 0. The number of nitrogens with one attached hydrogen (secondary N) is 1. The maximum atomic E-state index is 12.1. The number of carbonyl (C=O) groups excluding carboxylic acids is 2. The lowest BCUT2D eigenvalue weighted by molar-refractivity contribution is -0.274. The van der Waals surface area contributed by atoms with Crippen molar-refractivity contribution in [2.75, 3.05) is 13.2 Å². The van der Waals surface area contributed by atoms with Gasteiger partial charge in [-0.2, -0.15) is 0 Å². The molecule has 5 nitrogen and oxygen atoms in total. The highest BCUT2D eigenvalue weighted by molar-refractivity contribution is 5.91. The molecule has 0 fully saturated rings. The van der Waals surface area contributed by atoms with Crippen molar-refractivity contribution in [1.82, 2.24) is 5.32 Å². The molecule has 1 atom stereocenters. The molecule has 0 bridgehead atoms. The Kier molecular flexibility index (Phi) is 6.81. The molecule has 1 amide bonds. The van der Waals surface area contributed by atoms with Crippen LogP contribution in [0, 0.1) is 0 Å². The van der Waals surface area contributed by atoms with Crippen LogP contribution < -0.4 is 10.1 Å². The highest BCUT2D eigenvalue weighted by Gasteiger charge is 2.31. The lowest BCUT2D eigenvalue weighted by Gasteiger charge is -2.13. The Balaban J connectivity index is 1.77. The van der Waals surface area contributed by atoms with Gasteiger partial charge in [0.15, 0.2) is 6.61 Å². The average molecular weight is 381 g/mol. The zero-order valence-electron chi connectivity index (χ0n) is 14.5. The Labute approximate surface area is 154 Å². The van der Waals surface area contributed by atoms with Crippen LogP contribution in [0.15, 0.2) is 54.6 Å². The Morgan fingerprint density at radius 3 is 2.26 bits per heavy atom.